The molecular weight excluding hydrogens is 859 g/mol. The number of aryl methyl sites for hydroxylation is 3. The van der Waals surface area contributed by atoms with E-state index in [1.54, 1.807) is 39.7 Å². The third kappa shape index (κ3) is 9.01. The van der Waals surface area contributed by atoms with Crippen LogP contribution >= 0.6 is 22.7 Å². The van der Waals surface area contributed by atoms with Crippen LogP contribution in [0, 0.1) is 33.1 Å². The summed E-state index contributed by atoms with van der Waals surface area (Å²) in [6.07, 6.45) is 1.20. The number of thiazole rings is 1. The molecule has 0 bridgehead atoms. The number of thiophene rings is 1. The van der Waals surface area contributed by atoms with Gasteiger partial charge in [-0.3, -0.25) is 28.7 Å². The lowest BCUT2D eigenvalue weighted by atomic mass is 9.85. The fourth-order valence-corrected chi connectivity index (χ4v) is 10.5. The van der Waals surface area contributed by atoms with Crippen LogP contribution in [0.3, 0.4) is 0 Å². The number of aromatic nitrogens is 5. The second kappa shape index (κ2) is 18.2. The summed E-state index contributed by atoms with van der Waals surface area (Å²) in [5.74, 6) is -0.152. The van der Waals surface area contributed by atoms with Crippen LogP contribution < -0.4 is 10.6 Å². The quantitative estimate of drug-likeness (QED) is 0.122. The second-order valence-electron chi connectivity index (χ2n) is 17.7. The number of amides is 3. The van der Waals surface area contributed by atoms with Gasteiger partial charge >= 0.3 is 5.97 Å². The van der Waals surface area contributed by atoms with Crippen LogP contribution in [0.2, 0.25) is 0 Å². The number of carbonyl (C=O) groups is 4. The first-order valence-electron chi connectivity index (χ1n) is 21.7. The number of hydrogen-bond donors (Lipinski definition) is 2. The Labute approximate surface area is 386 Å². The zero-order valence-electron chi connectivity index (χ0n) is 38.1. The molecule has 6 heterocycles. The van der Waals surface area contributed by atoms with E-state index in [9.17, 15) is 19.2 Å². The molecule has 2 aliphatic rings. The Morgan fingerprint density at radius 2 is 1.62 bits per heavy atom. The normalized spacial score (nSPS) is 16.8. The van der Waals surface area contributed by atoms with Crippen molar-refractivity contribution in [3.05, 3.63) is 122 Å². The number of carbonyl (C=O) groups excluding carboxylic acids is 4. The van der Waals surface area contributed by atoms with Crippen LogP contribution in [0.25, 0.3) is 26.7 Å². The minimum absolute atomic E-state index is 0.00171. The first kappa shape index (κ1) is 45.2. The molecule has 1 saturated heterocycles. The average molecular weight is 912 g/mol. The molecule has 3 amide bonds. The largest absolute Gasteiger partial charge is 0.469 e. The van der Waals surface area contributed by atoms with Gasteiger partial charge in [0, 0.05) is 28.1 Å². The molecule has 65 heavy (non-hydrogen) atoms. The van der Waals surface area contributed by atoms with E-state index >= 15 is 0 Å². The first-order chi connectivity index (χ1) is 31.0. The number of methoxy groups -OCH3 is 1. The number of nitrogens with one attached hydrogen (secondary N) is 2. The molecule has 2 aromatic carbocycles. The topological polar surface area (TPSA) is 174 Å². The smallest absolute Gasteiger partial charge is 0.308 e. The average Bonchev–Trinajstić information content (AvgIpc) is 4.09. The standard InChI is InChI=1S/C49H53N9O5S2/c1-26-29(4)65-48-40(26)41(53-37(24-39(59)63-9)44-56-55-30(5)58(44)48)33-19-17-32(18-20-33)35-12-10-13-36(52-35)45(60)54-43(49(6,7)8)47(62)57-23-11-14-38(57)46(61)51-27(2)31-15-21-34(22-16-31)42-28(3)50-25-64-42/h10,12-13,15-22,25,27,37-38,43H,11,14,23-24H2,1-9H3,(H,51,61)(H,54,60)/t27-,37-,38-,43?/m0/s1. The molecule has 4 aromatic heterocycles. The minimum atomic E-state index is -0.928. The SMILES string of the molecule is COC(=O)C[C@@H]1N=C(c2ccc(-c3cccc(C(=O)NC(C(=O)N4CCC[C@H]4C(=O)N[C@@H](C)c4ccc(-c5scnc5C)cc4)C(C)(C)C)n3)cc2)c2c(sc(C)c2C)-n2c(C)nnc21. The Kier molecular flexibility index (Phi) is 12.7. The summed E-state index contributed by atoms with van der Waals surface area (Å²) < 4.78 is 7.03. The van der Waals surface area contributed by atoms with Gasteiger partial charge in [0.05, 0.1) is 47.1 Å². The van der Waals surface area contributed by atoms with Gasteiger partial charge in [-0.1, -0.05) is 75.4 Å². The van der Waals surface area contributed by atoms with Crippen molar-refractivity contribution < 1.29 is 23.9 Å². The van der Waals surface area contributed by atoms with Gasteiger partial charge in [-0.2, -0.15) is 0 Å². The second-order valence-corrected chi connectivity index (χ2v) is 19.8. The third-order valence-corrected chi connectivity index (χ3v) is 14.4. The van der Waals surface area contributed by atoms with Gasteiger partial charge in [0.15, 0.2) is 5.82 Å². The maximum Gasteiger partial charge on any atom is 0.308 e. The summed E-state index contributed by atoms with van der Waals surface area (Å²) in [7, 11) is 1.36. The van der Waals surface area contributed by atoms with Crippen LogP contribution in [0.5, 0.6) is 0 Å². The fraction of sp³-hybridized carbons (Fsp3) is 0.367. The highest BCUT2D eigenvalue weighted by atomic mass is 32.1. The molecule has 2 N–H and O–H groups in total. The summed E-state index contributed by atoms with van der Waals surface area (Å²) in [5, 5.41) is 15.9. The Morgan fingerprint density at radius 1 is 0.908 bits per heavy atom. The lowest BCUT2D eigenvalue weighted by Gasteiger charge is -2.35. The van der Waals surface area contributed by atoms with Crippen molar-refractivity contribution in [1.82, 2.24) is 40.3 Å². The molecule has 1 unspecified atom stereocenters. The maximum atomic E-state index is 14.4. The molecular formula is C49H53N9O5S2. The number of benzene rings is 2. The molecule has 0 aliphatic carbocycles. The molecule has 4 atom stereocenters. The number of hydrogen-bond acceptors (Lipinski definition) is 12. The molecule has 14 nitrogen and oxygen atoms in total. The van der Waals surface area contributed by atoms with Crippen molar-refractivity contribution >= 4 is 52.1 Å². The summed E-state index contributed by atoms with van der Waals surface area (Å²) in [4.78, 5) is 73.0. The van der Waals surface area contributed by atoms with Gasteiger partial charge in [0.2, 0.25) is 11.8 Å². The molecule has 0 spiro atoms. The number of ether oxygens (including phenoxy) is 1. The van der Waals surface area contributed by atoms with E-state index in [2.05, 4.69) is 39.7 Å². The van der Waals surface area contributed by atoms with Gasteiger partial charge < -0.3 is 20.3 Å². The summed E-state index contributed by atoms with van der Waals surface area (Å²) >= 11 is 3.23. The van der Waals surface area contributed by atoms with E-state index in [1.165, 1.54) is 7.11 Å². The van der Waals surface area contributed by atoms with E-state index in [4.69, 9.17) is 14.7 Å². The molecule has 336 valence electrons. The number of aliphatic imine (C=N–C) groups is 1. The Hall–Kier alpha value is -6.39. The minimum Gasteiger partial charge on any atom is -0.469 e. The number of pyridine rings is 1. The summed E-state index contributed by atoms with van der Waals surface area (Å²) in [5.41, 5.74) is 9.25. The van der Waals surface area contributed by atoms with Gasteiger partial charge in [-0.25, -0.2) is 9.97 Å². The Morgan fingerprint density at radius 3 is 2.29 bits per heavy atom. The monoisotopic (exact) mass is 911 g/mol. The number of fused-ring (bicyclic) bond motifs is 3. The van der Waals surface area contributed by atoms with Crippen molar-refractivity contribution in [3.63, 3.8) is 0 Å². The highest BCUT2D eigenvalue weighted by molar-refractivity contribution is 7.15. The third-order valence-electron chi connectivity index (χ3n) is 12.3. The molecule has 1 fully saturated rings. The van der Waals surface area contributed by atoms with Crippen molar-refractivity contribution in [2.45, 2.75) is 98.8 Å². The van der Waals surface area contributed by atoms with Crippen LogP contribution in [-0.4, -0.2) is 84.8 Å². The van der Waals surface area contributed by atoms with Crippen molar-refractivity contribution in [1.29, 1.82) is 0 Å². The predicted octanol–water partition coefficient (Wildman–Crippen LogP) is 8.22. The molecule has 8 rings (SSSR count). The predicted molar refractivity (Wildman–Crippen MR) is 252 cm³/mol. The number of likely N-dealkylation sites (tertiary alicyclic amines) is 1. The van der Waals surface area contributed by atoms with Crippen molar-refractivity contribution in [2.75, 3.05) is 13.7 Å². The number of nitrogens with zero attached hydrogens (tertiary/aromatic N) is 7. The van der Waals surface area contributed by atoms with Gasteiger partial charge in [-0.15, -0.1) is 32.9 Å². The van der Waals surface area contributed by atoms with Gasteiger partial charge in [0.1, 0.15) is 34.6 Å². The van der Waals surface area contributed by atoms with Crippen LogP contribution in [0.15, 0.2) is 77.2 Å². The zero-order valence-corrected chi connectivity index (χ0v) is 39.7. The zero-order chi connectivity index (χ0) is 46.3. The van der Waals surface area contributed by atoms with Gasteiger partial charge in [0.25, 0.3) is 5.91 Å². The Balaban J connectivity index is 0.984. The maximum absolute atomic E-state index is 14.4. The molecule has 16 heteroatoms. The number of esters is 1. The van der Waals surface area contributed by atoms with Crippen molar-refractivity contribution in [3.8, 4) is 26.7 Å². The van der Waals surface area contributed by atoms with E-state index < -0.39 is 35.4 Å². The van der Waals surface area contributed by atoms with Crippen LogP contribution in [0.4, 0.5) is 0 Å². The molecule has 2 aliphatic heterocycles. The van der Waals surface area contributed by atoms with Crippen LogP contribution in [0.1, 0.15) is 114 Å². The molecule has 0 radical (unpaired) electrons. The summed E-state index contributed by atoms with van der Waals surface area (Å²) in [6, 6.07) is 18.6. The van der Waals surface area contributed by atoms with Crippen molar-refractivity contribution in [2.24, 2.45) is 10.4 Å². The summed E-state index contributed by atoms with van der Waals surface area (Å²) in [6.45, 7) is 16.1. The highest BCUT2D eigenvalue weighted by Gasteiger charge is 2.42. The molecule has 0 saturated carbocycles. The molecule has 6 aromatic rings. The highest BCUT2D eigenvalue weighted by Crippen LogP contribution is 2.40. The lowest BCUT2D eigenvalue weighted by Crippen LogP contribution is -2.57. The van der Waals surface area contributed by atoms with Gasteiger partial charge in [-0.05, 0) is 81.7 Å². The van der Waals surface area contributed by atoms with Crippen LogP contribution in [-0.2, 0) is 19.1 Å². The van der Waals surface area contributed by atoms with E-state index in [0.717, 1.165) is 59.5 Å². The lowest BCUT2D eigenvalue weighted by molar-refractivity contribution is -0.142. The fourth-order valence-electron chi connectivity index (χ4n) is 8.50. The number of rotatable bonds is 11. The van der Waals surface area contributed by atoms with E-state index in [0.29, 0.717) is 36.7 Å². The van der Waals surface area contributed by atoms with E-state index in [-0.39, 0.29) is 30.0 Å². The first-order valence-corrected chi connectivity index (χ1v) is 23.4. The van der Waals surface area contributed by atoms with E-state index in [1.807, 2.05) is 106 Å². The Bertz CT molecular complexity index is 2820.